The van der Waals surface area contributed by atoms with Gasteiger partial charge >= 0.3 is 18.2 Å². The molecule has 0 aromatic heterocycles. The normalized spacial score (nSPS) is 20.5. The quantitative estimate of drug-likeness (QED) is 0.382. The maximum absolute atomic E-state index is 13.1. The van der Waals surface area contributed by atoms with Crippen LogP contribution < -0.4 is 4.74 Å². The summed E-state index contributed by atoms with van der Waals surface area (Å²) >= 11 is 3.47. The highest BCUT2D eigenvalue weighted by atomic mass is 79.9. The number of halogens is 1. The van der Waals surface area contributed by atoms with E-state index in [1.807, 2.05) is 12.1 Å². The first-order valence-corrected chi connectivity index (χ1v) is 11.8. The zero-order valence-corrected chi connectivity index (χ0v) is 22.6. The van der Waals surface area contributed by atoms with E-state index in [0.29, 0.717) is 12.2 Å². The van der Waals surface area contributed by atoms with Crippen LogP contribution in [0.2, 0.25) is 0 Å². The molecule has 0 aliphatic carbocycles. The molecule has 9 nitrogen and oxygen atoms in total. The molecule has 0 N–H and O–H groups in total. The summed E-state index contributed by atoms with van der Waals surface area (Å²) in [6, 6.07) is 4.86. The molecular weight excluding hydrogens is 510 g/mol. The van der Waals surface area contributed by atoms with E-state index in [-0.39, 0.29) is 6.54 Å². The predicted molar refractivity (Wildman–Crippen MR) is 128 cm³/mol. The van der Waals surface area contributed by atoms with Crippen molar-refractivity contribution in [2.75, 3.05) is 13.7 Å². The van der Waals surface area contributed by atoms with Gasteiger partial charge in [-0.05, 0) is 81.6 Å². The Hall–Kier alpha value is -2.49. The molecule has 0 bridgehead atoms. The SMILES string of the molecule is COc1ccc(C[C@@H]2[C@H](OC(C)=O)[C@@H](OC(=O)OC(C)(C)C)CN2C(=O)OC(C)(C)C)cc1Br. The van der Waals surface area contributed by atoms with Gasteiger partial charge in [-0.25, -0.2) is 9.59 Å². The zero-order chi connectivity index (χ0) is 25.8. The van der Waals surface area contributed by atoms with E-state index < -0.39 is 47.7 Å². The molecule has 10 heteroatoms. The second-order valence-corrected chi connectivity index (χ2v) is 10.9. The Balaban J connectivity index is 2.40. The van der Waals surface area contributed by atoms with Crippen LogP contribution in [-0.4, -0.2) is 66.2 Å². The van der Waals surface area contributed by atoms with Crippen LogP contribution in [0, 0.1) is 0 Å². The first kappa shape index (κ1) is 27.8. The Morgan fingerprint density at radius 1 is 1.03 bits per heavy atom. The summed E-state index contributed by atoms with van der Waals surface area (Å²) in [4.78, 5) is 38.9. The van der Waals surface area contributed by atoms with E-state index in [0.717, 1.165) is 10.0 Å². The van der Waals surface area contributed by atoms with Gasteiger partial charge in [0.25, 0.3) is 0 Å². The average molecular weight is 544 g/mol. The number of benzene rings is 1. The van der Waals surface area contributed by atoms with Gasteiger partial charge in [0.15, 0.2) is 12.2 Å². The second kappa shape index (κ2) is 10.8. The van der Waals surface area contributed by atoms with Crippen LogP contribution in [0.5, 0.6) is 5.75 Å². The van der Waals surface area contributed by atoms with Gasteiger partial charge in [-0.1, -0.05) is 6.07 Å². The van der Waals surface area contributed by atoms with Crippen LogP contribution in [0.1, 0.15) is 54.0 Å². The number of ether oxygens (including phenoxy) is 5. The van der Waals surface area contributed by atoms with Crippen LogP contribution in [0.3, 0.4) is 0 Å². The largest absolute Gasteiger partial charge is 0.509 e. The summed E-state index contributed by atoms with van der Waals surface area (Å²) in [5, 5.41) is 0. The highest BCUT2D eigenvalue weighted by Crippen LogP contribution is 2.32. The summed E-state index contributed by atoms with van der Waals surface area (Å²) in [5.41, 5.74) is -0.667. The Labute approximate surface area is 209 Å². The summed E-state index contributed by atoms with van der Waals surface area (Å²) < 4.78 is 28.0. The van der Waals surface area contributed by atoms with Gasteiger partial charge in [-0.15, -0.1) is 0 Å². The molecule has 1 heterocycles. The molecule has 1 aromatic carbocycles. The summed E-state index contributed by atoms with van der Waals surface area (Å²) in [5.74, 6) is 0.0941. The van der Waals surface area contributed by atoms with Crippen molar-refractivity contribution in [1.82, 2.24) is 4.90 Å². The molecule has 1 amide bonds. The lowest BCUT2D eigenvalue weighted by atomic mass is 10.0. The Morgan fingerprint density at radius 2 is 1.65 bits per heavy atom. The Bertz CT molecular complexity index is 905. The van der Waals surface area contributed by atoms with E-state index >= 15 is 0 Å². The van der Waals surface area contributed by atoms with Crippen LogP contribution in [0.15, 0.2) is 22.7 Å². The van der Waals surface area contributed by atoms with E-state index in [2.05, 4.69) is 15.9 Å². The molecule has 3 atom stereocenters. The van der Waals surface area contributed by atoms with Crippen molar-refractivity contribution in [3.05, 3.63) is 28.2 Å². The summed E-state index contributed by atoms with van der Waals surface area (Å²) in [7, 11) is 1.57. The van der Waals surface area contributed by atoms with E-state index in [9.17, 15) is 14.4 Å². The number of hydrogen-bond donors (Lipinski definition) is 0. The molecule has 2 rings (SSSR count). The number of methoxy groups -OCH3 is 1. The smallest absolute Gasteiger partial charge is 0.496 e. The molecule has 1 aromatic rings. The summed E-state index contributed by atoms with van der Waals surface area (Å²) in [6.45, 7) is 11.7. The van der Waals surface area contributed by atoms with Gasteiger partial charge in [-0.3, -0.25) is 9.69 Å². The van der Waals surface area contributed by atoms with E-state index in [1.165, 1.54) is 11.8 Å². The third-order valence-corrected chi connectivity index (χ3v) is 5.37. The topological polar surface area (TPSA) is 101 Å². The number of nitrogens with zero attached hydrogens (tertiary/aromatic N) is 1. The number of amides is 1. The lowest BCUT2D eigenvalue weighted by Gasteiger charge is -2.30. The van der Waals surface area contributed by atoms with E-state index in [4.69, 9.17) is 23.7 Å². The Kier molecular flexibility index (Phi) is 8.85. The van der Waals surface area contributed by atoms with Gasteiger partial charge in [0, 0.05) is 6.92 Å². The van der Waals surface area contributed by atoms with Crippen LogP contribution in [-0.2, 0) is 30.2 Å². The molecule has 0 radical (unpaired) electrons. The monoisotopic (exact) mass is 543 g/mol. The van der Waals surface area contributed by atoms with Gasteiger partial charge in [0.05, 0.1) is 24.2 Å². The van der Waals surface area contributed by atoms with Crippen molar-refractivity contribution in [3.63, 3.8) is 0 Å². The lowest BCUT2D eigenvalue weighted by molar-refractivity contribution is -0.153. The maximum atomic E-state index is 13.1. The summed E-state index contributed by atoms with van der Waals surface area (Å²) in [6.07, 6.45) is -3.05. The predicted octanol–water partition coefficient (Wildman–Crippen LogP) is 4.87. The third kappa shape index (κ3) is 8.07. The first-order valence-electron chi connectivity index (χ1n) is 11.0. The lowest BCUT2D eigenvalue weighted by Crippen LogP contribution is -2.45. The second-order valence-electron chi connectivity index (χ2n) is 10.1. The minimum atomic E-state index is -0.932. The molecule has 0 saturated carbocycles. The third-order valence-electron chi connectivity index (χ3n) is 4.75. The minimum Gasteiger partial charge on any atom is -0.496 e. The van der Waals surface area contributed by atoms with Gasteiger partial charge in [0.2, 0.25) is 0 Å². The van der Waals surface area contributed by atoms with Crippen molar-refractivity contribution in [1.29, 1.82) is 0 Å². The van der Waals surface area contributed by atoms with Crippen LogP contribution >= 0.6 is 15.9 Å². The fourth-order valence-electron chi connectivity index (χ4n) is 3.54. The average Bonchev–Trinajstić information content (AvgIpc) is 2.96. The number of carbonyl (C=O) groups is 3. The number of esters is 1. The first-order chi connectivity index (χ1) is 15.6. The molecule has 1 aliphatic heterocycles. The van der Waals surface area contributed by atoms with Gasteiger partial charge in [0.1, 0.15) is 17.0 Å². The van der Waals surface area contributed by atoms with Crippen molar-refractivity contribution < 1.29 is 38.1 Å². The van der Waals surface area contributed by atoms with E-state index in [1.54, 1.807) is 54.7 Å². The van der Waals surface area contributed by atoms with Crippen molar-refractivity contribution in [2.24, 2.45) is 0 Å². The number of likely N-dealkylation sites (tertiary alicyclic amines) is 1. The number of hydrogen-bond acceptors (Lipinski definition) is 8. The highest BCUT2D eigenvalue weighted by Gasteiger charge is 2.49. The number of rotatable bonds is 5. The fraction of sp³-hybridized carbons (Fsp3) is 0.625. The highest BCUT2D eigenvalue weighted by molar-refractivity contribution is 9.10. The minimum absolute atomic E-state index is 0.0197. The molecule has 0 spiro atoms. The zero-order valence-electron chi connectivity index (χ0n) is 21.0. The Morgan fingerprint density at radius 3 is 2.15 bits per heavy atom. The van der Waals surface area contributed by atoms with Gasteiger partial charge in [-0.2, -0.15) is 0 Å². The molecule has 1 saturated heterocycles. The van der Waals surface area contributed by atoms with Crippen molar-refractivity contribution >= 4 is 34.1 Å². The molecule has 1 aliphatic rings. The standard InChI is InChI=1S/C24H34BrNO8/c1-14(27)31-20-17(12-15-9-10-18(30-8)16(25)11-15)26(21(28)33-23(2,3)4)13-19(20)32-22(29)34-24(5,6)7/h9-11,17,19-20H,12-13H2,1-8H3/t17-,19+,20+/m1/s1. The molecule has 190 valence electrons. The van der Waals surface area contributed by atoms with Crippen LogP contribution in [0.4, 0.5) is 9.59 Å². The molecule has 0 unspecified atom stereocenters. The number of carbonyl (C=O) groups excluding carboxylic acids is 3. The molecule has 34 heavy (non-hydrogen) atoms. The molecular formula is C24H34BrNO8. The van der Waals surface area contributed by atoms with Crippen LogP contribution in [0.25, 0.3) is 0 Å². The van der Waals surface area contributed by atoms with Crippen molar-refractivity contribution in [3.8, 4) is 5.75 Å². The molecule has 1 fully saturated rings. The van der Waals surface area contributed by atoms with Gasteiger partial charge < -0.3 is 23.7 Å². The fourth-order valence-corrected chi connectivity index (χ4v) is 4.13. The van der Waals surface area contributed by atoms with Crippen molar-refractivity contribution in [2.45, 2.75) is 84.3 Å². The maximum Gasteiger partial charge on any atom is 0.509 e.